The van der Waals surface area contributed by atoms with Crippen molar-refractivity contribution in [2.24, 2.45) is 17.8 Å². The van der Waals surface area contributed by atoms with Gasteiger partial charge in [0.1, 0.15) is 0 Å². The summed E-state index contributed by atoms with van der Waals surface area (Å²) in [4.78, 5) is 17.0. The van der Waals surface area contributed by atoms with Crippen LogP contribution in [0.4, 0.5) is 5.13 Å². The number of allylic oxidation sites excluding steroid dienone is 2. The maximum atomic E-state index is 12.4. The highest BCUT2D eigenvalue weighted by atomic mass is 32.1. The maximum absolute atomic E-state index is 12.4. The summed E-state index contributed by atoms with van der Waals surface area (Å²) in [5.74, 6) is 1.34. The second kappa shape index (κ2) is 4.95. The fourth-order valence-corrected chi connectivity index (χ4v) is 4.46. The van der Waals surface area contributed by atoms with Gasteiger partial charge in [0.2, 0.25) is 5.91 Å². The van der Waals surface area contributed by atoms with Gasteiger partial charge in [0, 0.05) is 5.92 Å². The van der Waals surface area contributed by atoms with Crippen molar-refractivity contribution in [2.45, 2.75) is 26.2 Å². The van der Waals surface area contributed by atoms with Gasteiger partial charge in [0.25, 0.3) is 0 Å². The molecule has 1 amide bonds. The molecule has 1 N–H and O–H groups in total. The number of anilines is 1. The molecule has 3 atom stereocenters. The number of nitrogens with zero attached hydrogens (tertiary/aromatic N) is 1. The maximum Gasteiger partial charge on any atom is 0.229 e. The molecule has 0 unspecified atom stereocenters. The molecule has 2 aliphatic rings. The summed E-state index contributed by atoms with van der Waals surface area (Å²) in [6.45, 7) is 2.15. The molecule has 2 aliphatic carbocycles. The van der Waals surface area contributed by atoms with Crippen molar-refractivity contribution in [3.8, 4) is 0 Å². The molecule has 4 rings (SSSR count). The number of amides is 1. The van der Waals surface area contributed by atoms with Gasteiger partial charge in [0.05, 0.1) is 10.2 Å². The molecule has 3 nitrogen and oxygen atoms in total. The fourth-order valence-electron chi connectivity index (χ4n) is 3.52. The molecule has 2 bridgehead atoms. The predicted molar refractivity (Wildman–Crippen MR) is 86.5 cm³/mol. The number of carbonyl (C=O) groups is 1. The van der Waals surface area contributed by atoms with Gasteiger partial charge in [-0.3, -0.25) is 4.79 Å². The van der Waals surface area contributed by atoms with E-state index in [9.17, 15) is 4.79 Å². The van der Waals surface area contributed by atoms with E-state index in [-0.39, 0.29) is 11.8 Å². The molecule has 108 valence electrons. The summed E-state index contributed by atoms with van der Waals surface area (Å²) >= 11 is 1.57. The van der Waals surface area contributed by atoms with E-state index >= 15 is 0 Å². The van der Waals surface area contributed by atoms with Crippen LogP contribution in [0.15, 0.2) is 30.4 Å². The van der Waals surface area contributed by atoms with Crippen molar-refractivity contribution >= 4 is 32.6 Å². The number of hydrogen-bond donors (Lipinski definition) is 1. The van der Waals surface area contributed by atoms with E-state index in [4.69, 9.17) is 0 Å². The Hall–Kier alpha value is -1.68. The van der Waals surface area contributed by atoms with E-state index in [0.717, 1.165) is 34.6 Å². The van der Waals surface area contributed by atoms with Crippen LogP contribution in [-0.2, 0) is 11.2 Å². The van der Waals surface area contributed by atoms with Gasteiger partial charge in [-0.05, 0) is 48.8 Å². The third-order valence-corrected chi connectivity index (χ3v) is 5.64. The van der Waals surface area contributed by atoms with Crippen LogP contribution in [0.5, 0.6) is 0 Å². The van der Waals surface area contributed by atoms with Crippen LogP contribution in [0, 0.1) is 17.8 Å². The molecule has 0 saturated heterocycles. The lowest BCUT2D eigenvalue weighted by atomic mass is 9.93. The Morgan fingerprint density at radius 2 is 2.29 bits per heavy atom. The molecule has 1 aromatic heterocycles. The zero-order valence-corrected chi connectivity index (χ0v) is 12.8. The number of hydrogen-bond acceptors (Lipinski definition) is 3. The average Bonchev–Trinajstić information content (AvgIpc) is 3.20. The summed E-state index contributed by atoms with van der Waals surface area (Å²) < 4.78 is 1.15. The minimum absolute atomic E-state index is 0.137. The van der Waals surface area contributed by atoms with Crippen molar-refractivity contribution in [3.05, 3.63) is 35.9 Å². The second-order valence-corrected chi connectivity index (χ2v) is 7.08. The summed E-state index contributed by atoms with van der Waals surface area (Å²) in [7, 11) is 0. The average molecular weight is 298 g/mol. The van der Waals surface area contributed by atoms with Gasteiger partial charge in [0.15, 0.2) is 5.13 Å². The molecule has 2 aromatic rings. The van der Waals surface area contributed by atoms with Gasteiger partial charge < -0.3 is 5.32 Å². The van der Waals surface area contributed by atoms with Crippen molar-refractivity contribution in [3.63, 3.8) is 0 Å². The van der Waals surface area contributed by atoms with Gasteiger partial charge >= 0.3 is 0 Å². The third kappa shape index (κ3) is 2.27. The predicted octanol–water partition coefficient (Wildman–Crippen LogP) is 4.01. The van der Waals surface area contributed by atoms with E-state index in [1.165, 1.54) is 5.56 Å². The number of nitrogens with one attached hydrogen (secondary N) is 1. The normalized spacial score (nSPS) is 26.6. The Morgan fingerprint density at radius 3 is 3.00 bits per heavy atom. The Balaban J connectivity index is 1.54. The molecule has 0 radical (unpaired) electrons. The molecular weight excluding hydrogens is 280 g/mol. The largest absolute Gasteiger partial charge is 0.302 e. The number of aryl methyl sites for hydroxylation is 1. The lowest BCUT2D eigenvalue weighted by Gasteiger charge is -2.16. The second-order valence-electron chi connectivity index (χ2n) is 6.05. The lowest BCUT2D eigenvalue weighted by molar-refractivity contribution is -0.120. The van der Waals surface area contributed by atoms with E-state index in [1.54, 1.807) is 11.3 Å². The van der Waals surface area contributed by atoms with Crippen LogP contribution >= 0.6 is 11.3 Å². The highest BCUT2D eigenvalue weighted by Gasteiger charge is 2.39. The van der Waals surface area contributed by atoms with E-state index in [2.05, 4.69) is 41.5 Å². The first-order valence-corrected chi connectivity index (χ1v) is 8.43. The molecule has 0 aliphatic heterocycles. The standard InChI is InChI=1S/C17H18N2OS/c1-2-10-4-6-14-15(9-10)21-17(18-14)19-16(20)13-8-11-3-5-12(13)7-11/h3-6,9,11-13H,2,7-8H2,1H3,(H,18,19,20)/t11-,12+,13-/m1/s1. The van der Waals surface area contributed by atoms with E-state index in [1.807, 2.05) is 6.07 Å². The van der Waals surface area contributed by atoms with Crippen LogP contribution in [0.25, 0.3) is 10.2 Å². The molecule has 1 heterocycles. The smallest absolute Gasteiger partial charge is 0.229 e. The number of rotatable bonds is 3. The SMILES string of the molecule is CCc1ccc2nc(NC(=O)[C@@H]3C[C@@H]4C=C[C@H]3C4)sc2c1. The first-order valence-electron chi connectivity index (χ1n) is 7.61. The van der Waals surface area contributed by atoms with Crippen LogP contribution in [-0.4, -0.2) is 10.9 Å². The van der Waals surface area contributed by atoms with Gasteiger partial charge in [-0.25, -0.2) is 4.98 Å². The van der Waals surface area contributed by atoms with Crippen LogP contribution in [0.3, 0.4) is 0 Å². The van der Waals surface area contributed by atoms with Crippen LogP contribution in [0.1, 0.15) is 25.3 Å². The van der Waals surface area contributed by atoms with E-state index < -0.39 is 0 Å². The van der Waals surface area contributed by atoms with Crippen molar-refractivity contribution in [2.75, 3.05) is 5.32 Å². The molecule has 0 spiro atoms. The molecule has 1 fully saturated rings. The molecule has 4 heteroatoms. The number of benzene rings is 1. The highest BCUT2D eigenvalue weighted by Crippen LogP contribution is 2.44. The summed E-state index contributed by atoms with van der Waals surface area (Å²) in [5.41, 5.74) is 2.28. The zero-order valence-electron chi connectivity index (χ0n) is 12.0. The van der Waals surface area contributed by atoms with Gasteiger partial charge in [-0.2, -0.15) is 0 Å². The molecule has 21 heavy (non-hydrogen) atoms. The van der Waals surface area contributed by atoms with E-state index in [0.29, 0.717) is 11.8 Å². The quantitative estimate of drug-likeness (QED) is 0.870. The molecular formula is C17H18N2OS. The van der Waals surface area contributed by atoms with Crippen molar-refractivity contribution < 1.29 is 4.79 Å². The molecule has 1 saturated carbocycles. The summed E-state index contributed by atoms with van der Waals surface area (Å²) in [6, 6.07) is 6.32. The Morgan fingerprint density at radius 1 is 1.38 bits per heavy atom. The Bertz CT molecular complexity index is 733. The van der Waals surface area contributed by atoms with Crippen LogP contribution in [0.2, 0.25) is 0 Å². The first kappa shape index (κ1) is 13.0. The molecule has 1 aromatic carbocycles. The van der Waals surface area contributed by atoms with Crippen molar-refractivity contribution in [1.82, 2.24) is 4.98 Å². The zero-order chi connectivity index (χ0) is 14.4. The van der Waals surface area contributed by atoms with Gasteiger partial charge in [-0.15, -0.1) is 0 Å². The topological polar surface area (TPSA) is 42.0 Å². The number of aromatic nitrogens is 1. The van der Waals surface area contributed by atoms with Crippen LogP contribution < -0.4 is 5.32 Å². The highest BCUT2D eigenvalue weighted by molar-refractivity contribution is 7.22. The summed E-state index contributed by atoms with van der Waals surface area (Å²) in [6.07, 6.45) is 7.64. The monoisotopic (exact) mass is 298 g/mol. The lowest BCUT2D eigenvalue weighted by Crippen LogP contribution is -2.25. The minimum atomic E-state index is 0.137. The number of fused-ring (bicyclic) bond motifs is 3. The Kier molecular flexibility index (Phi) is 3.07. The number of thiazole rings is 1. The third-order valence-electron chi connectivity index (χ3n) is 4.71. The fraction of sp³-hybridized carbons (Fsp3) is 0.412. The number of carbonyl (C=O) groups excluding carboxylic acids is 1. The minimum Gasteiger partial charge on any atom is -0.302 e. The Labute approximate surface area is 128 Å². The summed E-state index contributed by atoms with van der Waals surface area (Å²) in [5, 5.41) is 3.76. The van der Waals surface area contributed by atoms with Crippen molar-refractivity contribution in [1.29, 1.82) is 0 Å². The van der Waals surface area contributed by atoms with Gasteiger partial charge in [-0.1, -0.05) is 36.5 Å². The first-order chi connectivity index (χ1) is 10.2.